The van der Waals surface area contributed by atoms with E-state index in [1.54, 1.807) is 7.05 Å². The van der Waals surface area contributed by atoms with Crippen LogP contribution in [0, 0.1) is 5.92 Å². The highest BCUT2D eigenvalue weighted by Gasteiger charge is 2.30. The van der Waals surface area contributed by atoms with Gasteiger partial charge in [-0.3, -0.25) is 14.9 Å². The minimum atomic E-state index is -0.840. The summed E-state index contributed by atoms with van der Waals surface area (Å²) in [6, 6.07) is -0.736. The van der Waals surface area contributed by atoms with Gasteiger partial charge in [-0.1, -0.05) is 0 Å². The number of carbonyl (C=O) groups is 2. The monoisotopic (exact) mass is 280 g/mol. The van der Waals surface area contributed by atoms with E-state index in [1.807, 2.05) is 0 Å². The fraction of sp³-hybridized carbons (Fsp3) is 0.500. The van der Waals surface area contributed by atoms with Gasteiger partial charge in [0, 0.05) is 25.5 Å². The molecule has 108 valence electrons. The van der Waals surface area contributed by atoms with Gasteiger partial charge in [0.1, 0.15) is 0 Å². The zero-order chi connectivity index (χ0) is 14.7. The van der Waals surface area contributed by atoms with Crippen LogP contribution >= 0.6 is 0 Å². The first-order chi connectivity index (χ1) is 9.47. The van der Waals surface area contributed by atoms with Crippen molar-refractivity contribution in [2.24, 2.45) is 13.0 Å². The highest BCUT2D eigenvalue weighted by Crippen LogP contribution is 2.25. The van der Waals surface area contributed by atoms with Crippen LogP contribution in [-0.2, 0) is 11.8 Å². The Kier molecular flexibility index (Phi) is 4.02. The lowest BCUT2D eigenvalue weighted by molar-refractivity contribution is -0.141. The van der Waals surface area contributed by atoms with Crippen molar-refractivity contribution >= 4 is 17.8 Å². The third kappa shape index (κ3) is 3.14. The Bertz CT molecular complexity index is 583. The van der Waals surface area contributed by atoms with Crippen LogP contribution in [0.5, 0.6) is 0 Å². The smallest absolute Gasteiger partial charge is 0.320 e. The van der Waals surface area contributed by atoms with Crippen LogP contribution in [0.15, 0.2) is 17.2 Å². The van der Waals surface area contributed by atoms with E-state index in [0.717, 1.165) is 0 Å². The van der Waals surface area contributed by atoms with E-state index in [9.17, 15) is 14.4 Å². The number of urea groups is 1. The van der Waals surface area contributed by atoms with Crippen LogP contribution in [0.25, 0.3) is 0 Å². The van der Waals surface area contributed by atoms with E-state index in [4.69, 9.17) is 5.11 Å². The minimum Gasteiger partial charge on any atom is -0.481 e. The number of carboxylic acids is 1. The average Bonchev–Trinajstić information content (AvgIpc) is 2.83. The Morgan fingerprint density at radius 2 is 2.20 bits per heavy atom. The van der Waals surface area contributed by atoms with Gasteiger partial charge in [0.15, 0.2) is 0 Å². The van der Waals surface area contributed by atoms with E-state index >= 15 is 0 Å². The number of carbonyl (C=O) groups excluding carboxylic acids is 1. The Morgan fingerprint density at radius 1 is 1.45 bits per heavy atom. The second-order valence-electron chi connectivity index (χ2n) is 4.84. The number of anilines is 1. The maximum absolute atomic E-state index is 11.8. The number of amides is 2. The molecule has 2 rings (SSSR count). The third-order valence-corrected chi connectivity index (χ3v) is 3.37. The second-order valence-corrected chi connectivity index (χ2v) is 4.84. The van der Waals surface area contributed by atoms with Crippen LogP contribution in [0.1, 0.15) is 19.3 Å². The predicted molar refractivity (Wildman–Crippen MR) is 70.4 cm³/mol. The van der Waals surface area contributed by atoms with Crippen LogP contribution in [0.3, 0.4) is 0 Å². The molecule has 0 spiro atoms. The fourth-order valence-electron chi connectivity index (χ4n) is 2.25. The molecule has 2 amide bonds. The van der Waals surface area contributed by atoms with Crippen molar-refractivity contribution in [3.63, 3.8) is 0 Å². The number of hydrogen-bond acceptors (Lipinski definition) is 4. The van der Waals surface area contributed by atoms with Gasteiger partial charge in [-0.25, -0.2) is 9.78 Å². The van der Waals surface area contributed by atoms with E-state index in [2.05, 4.69) is 15.6 Å². The molecular formula is C12H16N4O4. The number of rotatable bonds is 3. The molecule has 8 heteroatoms. The number of hydrogen-bond donors (Lipinski definition) is 3. The molecule has 1 fully saturated rings. The van der Waals surface area contributed by atoms with Crippen molar-refractivity contribution in [1.82, 2.24) is 14.9 Å². The van der Waals surface area contributed by atoms with E-state index in [-0.39, 0.29) is 11.9 Å². The molecule has 8 nitrogen and oxygen atoms in total. The van der Waals surface area contributed by atoms with Crippen molar-refractivity contribution in [2.45, 2.75) is 25.3 Å². The summed E-state index contributed by atoms with van der Waals surface area (Å²) in [5.41, 5.74) is -0.405. The lowest BCUT2D eigenvalue weighted by Crippen LogP contribution is -2.38. The number of aryl methyl sites for hydroxylation is 1. The Balaban J connectivity index is 1.92. The van der Waals surface area contributed by atoms with Crippen molar-refractivity contribution in [3.05, 3.63) is 22.7 Å². The van der Waals surface area contributed by atoms with Crippen LogP contribution in [0.4, 0.5) is 10.6 Å². The number of aliphatic carboxylic acids is 1. The number of nitrogens with zero attached hydrogens (tertiary/aromatic N) is 2. The maximum Gasteiger partial charge on any atom is 0.320 e. The molecule has 1 saturated carbocycles. The zero-order valence-corrected chi connectivity index (χ0v) is 11.0. The van der Waals surface area contributed by atoms with Crippen LogP contribution in [-0.4, -0.2) is 32.7 Å². The fourth-order valence-corrected chi connectivity index (χ4v) is 2.25. The summed E-state index contributed by atoms with van der Waals surface area (Å²) in [6.45, 7) is 0. The molecule has 1 aromatic rings. The molecule has 0 unspecified atom stereocenters. The number of aromatic nitrogens is 2. The summed E-state index contributed by atoms with van der Waals surface area (Å²) in [4.78, 5) is 38.0. The van der Waals surface area contributed by atoms with Gasteiger partial charge in [0.25, 0.3) is 5.56 Å². The standard InChI is InChI=1S/C12H16N4O4/c1-16-5-4-13-9(10(16)17)15-12(20)14-8-3-2-7(6-8)11(18)19/h4-5,7-8H,2-3,6H2,1H3,(H,18,19)(H2,13,14,15,20)/t7-,8+/m0/s1. The molecule has 2 atom stereocenters. The van der Waals surface area contributed by atoms with Gasteiger partial charge in [0.2, 0.25) is 5.82 Å². The Labute approximate surface area is 114 Å². The summed E-state index contributed by atoms with van der Waals surface area (Å²) in [5.74, 6) is -1.31. The molecule has 1 heterocycles. The SMILES string of the molecule is Cn1ccnc(NC(=O)N[C@@H]2CC[C@H](C(=O)O)C2)c1=O. The van der Waals surface area contributed by atoms with Gasteiger partial charge in [-0.2, -0.15) is 0 Å². The van der Waals surface area contributed by atoms with Crippen LogP contribution < -0.4 is 16.2 Å². The van der Waals surface area contributed by atoms with Gasteiger partial charge in [0.05, 0.1) is 5.92 Å². The lowest BCUT2D eigenvalue weighted by Gasteiger charge is -2.13. The van der Waals surface area contributed by atoms with E-state index in [1.165, 1.54) is 17.0 Å². The zero-order valence-electron chi connectivity index (χ0n) is 11.0. The van der Waals surface area contributed by atoms with Gasteiger partial charge < -0.3 is 15.0 Å². The predicted octanol–water partition coefficient (Wildman–Crippen LogP) is 0.155. The second kappa shape index (κ2) is 5.72. The van der Waals surface area contributed by atoms with Crippen molar-refractivity contribution < 1.29 is 14.7 Å². The highest BCUT2D eigenvalue weighted by molar-refractivity contribution is 5.88. The van der Waals surface area contributed by atoms with Gasteiger partial charge in [-0.05, 0) is 19.3 Å². The molecule has 3 N–H and O–H groups in total. The molecule has 1 aliphatic carbocycles. The number of nitrogens with one attached hydrogen (secondary N) is 2. The van der Waals surface area contributed by atoms with Crippen LogP contribution in [0.2, 0.25) is 0 Å². The summed E-state index contributed by atoms with van der Waals surface area (Å²) in [6.07, 6.45) is 4.46. The maximum atomic E-state index is 11.8. The lowest BCUT2D eigenvalue weighted by atomic mass is 10.1. The molecule has 0 radical (unpaired) electrons. The average molecular weight is 280 g/mol. The quantitative estimate of drug-likeness (QED) is 0.729. The van der Waals surface area contributed by atoms with Gasteiger partial charge in [-0.15, -0.1) is 0 Å². The highest BCUT2D eigenvalue weighted by atomic mass is 16.4. The molecule has 0 aromatic carbocycles. The summed E-state index contributed by atoms with van der Waals surface area (Å²) >= 11 is 0. The normalized spacial score (nSPS) is 21.4. The van der Waals surface area contributed by atoms with Crippen molar-refractivity contribution in [1.29, 1.82) is 0 Å². The third-order valence-electron chi connectivity index (χ3n) is 3.37. The van der Waals surface area contributed by atoms with Crippen molar-refractivity contribution in [2.75, 3.05) is 5.32 Å². The van der Waals surface area contributed by atoms with E-state index in [0.29, 0.717) is 19.3 Å². The molecular weight excluding hydrogens is 264 g/mol. The first-order valence-electron chi connectivity index (χ1n) is 6.29. The molecule has 20 heavy (non-hydrogen) atoms. The van der Waals surface area contributed by atoms with Gasteiger partial charge >= 0.3 is 12.0 Å². The summed E-state index contributed by atoms with van der Waals surface area (Å²) < 4.78 is 1.30. The largest absolute Gasteiger partial charge is 0.481 e. The molecule has 0 aliphatic heterocycles. The molecule has 1 aliphatic rings. The number of carboxylic acid groups (broad SMARTS) is 1. The Hall–Kier alpha value is -2.38. The van der Waals surface area contributed by atoms with E-state index < -0.39 is 23.5 Å². The molecule has 0 saturated heterocycles. The summed E-state index contributed by atoms with van der Waals surface area (Å²) in [5, 5.41) is 13.9. The molecule has 0 bridgehead atoms. The minimum absolute atomic E-state index is 0.0553. The summed E-state index contributed by atoms with van der Waals surface area (Å²) in [7, 11) is 1.56. The topological polar surface area (TPSA) is 113 Å². The molecule has 1 aromatic heterocycles. The first-order valence-corrected chi connectivity index (χ1v) is 6.29. The Morgan fingerprint density at radius 3 is 2.85 bits per heavy atom. The van der Waals surface area contributed by atoms with Crippen molar-refractivity contribution in [3.8, 4) is 0 Å². The first kappa shape index (κ1) is 14.0.